The van der Waals surface area contributed by atoms with Crippen molar-refractivity contribution >= 4 is 21.5 Å². The molecule has 0 nitrogen and oxygen atoms in total. The van der Waals surface area contributed by atoms with Crippen LogP contribution in [0.3, 0.4) is 0 Å². The van der Waals surface area contributed by atoms with Crippen molar-refractivity contribution in [3.63, 3.8) is 0 Å². The smallest absolute Gasteiger partial charge is 0.00733 e. The van der Waals surface area contributed by atoms with Crippen LogP contribution < -0.4 is 0 Å². The van der Waals surface area contributed by atoms with Gasteiger partial charge in [0.1, 0.15) is 0 Å². The third-order valence-electron chi connectivity index (χ3n) is 6.80. The van der Waals surface area contributed by atoms with Gasteiger partial charge in [0.05, 0.1) is 0 Å². The van der Waals surface area contributed by atoms with Crippen molar-refractivity contribution in [2.45, 2.75) is 51.9 Å². The van der Waals surface area contributed by atoms with Gasteiger partial charge in [0.2, 0.25) is 0 Å². The molecule has 140 valence electrons. The molecule has 1 fully saturated rings. The molecule has 0 amide bonds. The molecule has 0 radical (unpaired) electrons. The summed E-state index contributed by atoms with van der Waals surface area (Å²) in [7, 11) is 0. The van der Waals surface area contributed by atoms with Crippen LogP contribution in [-0.2, 0) is 0 Å². The lowest BCUT2D eigenvalue weighted by atomic mass is 9.83. The third-order valence-corrected chi connectivity index (χ3v) is 6.80. The van der Waals surface area contributed by atoms with E-state index in [1.807, 2.05) is 0 Å². The van der Waals surface area contributed by atoms with Gasteiger partial charge in [0.25, 0.3) is 0 Å². The van der Waals surface area contributed by atoms with E-state index in [0.717, 1.165) is 5.92 Å². The number of hydrogen-bond acceptors (Lipinski definition) is 0. The molecule has 0 atom stereocenters. The fraction of sp³-hybridized carbons (Fsp3) is 0.286. The Morgan fingerprint density at radius 1 is 0.679 bits per heavy atom. The second-order valence-electron chi connectivity index (χ2n) is 8.57. The van der Waals surface area contributed by atoms with E-state index in [1.54, 1.807) is 0 Å². The van der Waals surface area contributed by atoms with Crippen molar-refractivity contribution in [2.24, 2.45) is 0 Å². The number of aryl methyl sites for hydroxylation is 1. The predicted octanol–water partition coefficient (Wildman–Crippen LogP) is 8.32. The molecule has 4 aromatic rings. The molecule has 0 unspecified atom stereocenters. The van der Waals surface area contributed by atoms with Crippen LogP contribution in [0.15, 0.2) is 66.7 Å². The Morgan fingerprint density at radius 3 is 2.07 bits per heavy atom. The number of fused-ring (bicyclic) bond motifs is 2. The molecule has 28 heavy (non-hydrogen) atoms. The number of hydrogen-bond donors (Lipinski definition) is 0. The summed E-state index contributed by atoms with van der Waals surface area (Å²) < 4.78 is 0. The van der Waals surface area contributed by atoms with Gasteiger partial charge in [0, 0.05) is 0 Å². The third kappa shape index (κ3) is 3.02. The molecule has 0 bridgehead atoms. The molecule has 4 aromatic carbocycles. The largest absolute Gasteiger partial charge is 0.0616 e. The van der Waals surface area contributed by atoms with Crippen molar-refractivity contribution in [1.29, 1.82) is 0 Å². The summed E-state index contributed by atoms with van der Waals surface area (Å²) in [4.78, 5) is 0. The molecular weight excluding hydrogens is 336 g/mol. The second-order valence-corrected chi connectivity index (χ2v) is 8.57. The monoisotopic (exact) mass is 364 g/mol. The van der Waals surface area contributed by atoms with Crippen molar-refractivity contribution in [3.8, 4) is 11.1 Å². The Labute approximate surface area is 168 Å². The van der Waals surface area contributed by atoms with Crippen LogP contribution in [0.4, 0.5) is 0 Å². The highest BCUT2D eigenvalue weighted by Gasteiger charge is 2.16. The molecule has 0 heteroatoms. The maximum Gasteiger partial charge on any atom is -0.00733 e. The molecule has 0 spiro atoms. The summed E-state index contributed by atoms with van der Waals surface area (Å²) in [5.41, 5.74) is 7.04. The Morgan fingerprint density at radius 2 is 1.36 bits per heavy atom. The molecular formula is C28H28. The van der Waals surface area contributed by atoms with Gasteiger partial charge in [-0.05, 0) is 94.1 Å². The summed E-state index contributed by atoms with van der Waals surface area (Å²) in [6.07, 6.45) is 6.91. The second kappa shape index (κ2) is 7.09. The molecule has 1 aliphatic rings. The van der Waals surface area contributed by atoms with Gasteiger partial charge in [-0.25, -0.2) is 0 Å². The van der Waals surface area contributed by atoms with Crippen LogP contribution in [0.25, 0.3) is 32.7 Å². The highest BCUT2D eigenvalue weighted by Crippen LogP contribution is 2.38. The first-order chi connectivity index (χ1) is 13.7. The normalized spacial score (nSPS) is 15.4. The lowest BCUT2D eigenvalue weighted by molar-refractivity contribution is 0.443. The van der Waals surface area contributed by atoms with E-state index < -0.39 is 0 Å². The summed E-state index contributed by atoms with van der Waals surface area (Å²) in [5.74, 6) is 0.766. The SMILES string of the molecule is Cc1cc2cc3ccccc3cc2c(-c2ccc(C3CCCCC3)cc2)c1C. The summed E-state index contributed by atoms with van der Waals surface area (Å²) in [5, 5.41) is 5.34. The summed E-state index contributed by atoms with van der Waals surface area (Å²) in [6, 6.07) is 25.3. The van der Waals surface area contributed by atoms with Gasteiger partial charge in [-0.15, -0.1) is 0 Å². The van der Waals surface area contributed by atoms with E-state index in [2.05, 4.69) is 80.6 Å². The topological polar surface area (TPSA) is 0 Å². The van der Waals surface area contributed by atoms with Crippen LogP contribution >= 0.6 is 0 Å². The van der Waals surface area contributed by atoms with Crippen LogP contribution in [0, 0.1) is 13.8 Å². The van der Waals surface area contributed by atoms with Crippen molar-refractivity contribution in [3.05, 3.63) is 83.4 Å². The zero-order valence-corrected chi connectivity index (χ0v) is 17.0. The van der Waals surface area contributed by atoms with Crippen molar-refractivity contribution in [1.82, 2.24) is 0 Å². The van der Waals surface area contributed by atoms with E-state index in [0.29, 0.717) is 0 Å². The highest BCUT2D eigenvalue weighted by atomic mass is 14.2. The zero-order chi connectivity index (χ0) is 19.1. The maximum absolute atomic E-state index is 2.39. The summed E-state index contributed by atoms with van der Waals surface area (Å²) in [6.45, 7) is 4.51. The fourth-order valence-electron chi connectivity index (χ4n) is 5.06. The average Bonchev–Trinajstić information content (AvgIpc) is 2.74. The minimum absolute atomic E-state index is 0.766. The van der Waals surface area contributed by atoms with E-state index >= 15 is 0 Å². The Bertz CT molecular complexity index is 1140. The van der Waals surface area contributed by atoms with Crippen LogP contribution in [0.5, 0.6) is 0 Å². The van der Waals surface area contributed by atoms with E-state index in [9.17, 15) is 0 Å². The molecule has 0 heterocycles. The van der Waals surface area contributed by atoms with Gasteiger partial charge >= 0.3 is 0 Å². The Balaban J connectivity index is 1.66. The number of rotatable bonds is 2. The Kier molecular flexibility index (Phi) is 4.43. The first-order valence-electron chi connectivity index (χ1n) is 10.7. The minimum atomic E-state index is 0.766. The first kappa shape index (κ1) is 17.5. The quantitative estimate of drug-likeness (QED) is 0.314. The summed E-state index contributed by atoms with van der Waals surface area (Å²) >= 11 is 0. The predicted molar refractivity (Wildman–Crippen MR) is 122 cm³/mol. The van der Waals surface area contributed by atoms with Crippen molar-refractivity contribution in [2.75, 3.05) is 0 Å². The lowest BCUT2D eigenvalue weighted by Gasteiger charge is -2.22. The fourth-order valence-corrected chi connectivity index (χ4v) is 5.06. The molecule has 0 aliphatic heterocycles. The molecule has 5 rings (SSSR count). The van der Waals surface area contributed by atoms with Crippen LogP contribution in [-0.4, -0.2) is 0 Å². The molecule has 0 aromatic heterocycles. The van der Waals surface area contributed by atoms with Crippen molar-refractivity contribution < 1.29 is 0 Å². The lowest BCUT2D eigenvalue weighted by Crippen LogP contribution is -2.04. The van der Waals surface area contributed by atoms with Gasteiger partial charge in [0.15, 0.2) is 0 Å². The first-order valence-corrected chi connectivity index (χ1v) is 10.7. The number of benzene rings is 4. The van der Waals surface area contributed by atoms with Crippen LogP contribution in [0.2, 0.25) is 0 Å². The standard InChI is InChI=1S/C28H28/c1-19-16-26-17-24-10-6-7-11-25(24)18-27(26)28(20(19)2)23-14-12-22(13-15-23)21-8-4-3-5-9-21/h6-7,10-18,21H,3-5,8-9H2,1-2H3. The van der Waals surface area contributed by atoms with Crippen LogP contribution in [0.1, 0.15) is 54.7 Å². The molecule has 0 N–H and O–H groups in total. The maximum atomic E-state index is 2.39. The zero-order valence-electron chi connectivity index (χ0n) is 17.0. The van der Waals surface area contributed by atoms with E-state index in [-0.39, 0.29) is 0 Å². The highest BCUT2D eigenvalue weighted by molar-refractivity contribution is 6.06. The van der Waals surface area contributed by atoms with Gasteiger partial charge in [-0.1, -0.05) is 73.9 Å². The molecule has 1 saturated carbocycles. The van der Waals surface area contributed by atoms with Gasteiger partial charge in [-0.2, -0.15) is 0 Å². The van der Waals surface area contributed by atoms with E-state index in [1.165, 1.54) is 81.5 Å². The Hall–Kier alpha value is -2.60. The van der Waals surface area contributed by atoms with Gasteiger partial charge < -0.3 is 0 Å². The van der Waals surface area contributed by atoms with E-state index in [4.69, 9.17) is 0 Å². The molecule has 0 saturated heterocycles. The minimum Gasteiger partial charge on any atom is -0.0616 e. The average molecular weight is 365 g/mol. The molecule has 1 aliphatic carbocycles. The van der Waals surface area contributed by atoms with Gasteiger partial charge in [-0.3, -0.25) is 0 Å².